The Hall–Kier alpha value is -3.03. The number of carbonyl (C=O) groups excluding carboxylic acids is 3. The molecule has 2 aromatic rings. The summed E-state index contributed by atoms with van der Waals surface area (Å²) in [5.41, 5.74) is 0.344. The average molecular weight is 463 g/mol. The first kappa shape index (κ1) is 22.7. The third kappa shape index (κ3) is 4.68. The number of carbonyl (C=O) groups is 3. The quantitative estimate of drug-likeness (QED) is 0.489. The summed E-state index contributed by atoms with van der Waals surface area (Å²) in [5, 5.41) is 2.34. The summed E-state index contributed by atoms with van der Waals surface area (Å²) in [6, 6.07) is 8.63. The molecule has 0 bridgehead atoms. The summed E-state index contributed by atoms with van der Waals surface area (Å²) in [6.07, 6.45) is 2.18. The molecule has 3 rings (SSSR count). The van der Waals surface area contributed by atoms with Crippen molar-refractivity contribution >= 4 is 52.8 Å². The predicted molar refractivity (Wildman–Crippen MR) is 119 cm³/mol. The summed E-state index contributed by atoms with van der Waals surface area (Å²) >= 11 is 12.2. The number of nitrogens with zero attached hydrogens (tertiary/aromatic N) is 1. The fourth-order valence-electron chi connectivity index (χ4n) is 2.88. The van der Waals surface area contributed by atoms with Gasteiger partial charge in [-0.1, -0.05) is 42.3 Å². The van der Waals surface area contributed by atoms with Gasteiger partial charge >= 0.3 is 6.03 Å². The summed E-state index contributed by atoms with van der Waals surface area (Å²) in [7, 11) is 1.50. The zero-order chi connectivity index (χ0) is 22.7. The number of nitrogens with one attached hydrogen (secondary N) is 1. The Labute approximate surface area is 189 Å². The van der Waals surface area contributed by atoms with Gasteiger partial charge in [-0.2, -0.15) is 0 Å². The van der Waals surface area contributed by atoms with Crippen molar-refractivity contribution in [1.82, 2.24) is 5.32 Å². The zero-order valence-corrected chi connectivity index (χ0v) is 18.6. The van der Waals surface area contributed by atoms with Crippen molar-refractivity contribution in [2.45, 2.75) is 26.4 Å². The second-order valence-electron chi connectivity index (χ2n) is 6.78. The molecule has 7 nitrogen and oxygen atoms in total. The van der Waals surface area contributed by atoms with E-state index in [1.807, 2.05) is 13.8 Å². The molecule has 9 heteroatoms. The van der Waals surface area contributed by atoms with Crippen LogP contribution in [0, 0.1) is 0 Å². The van der Waals surface area contributed by atoms with Crippen LogP contribution in [0.1, 0.15) is 25.8 Å². The van der Waals surface area contributed by atoms with Gasteiger partial charge in [-0.25, -0.2) is 9.69 Å². The molecule has 4 amide bonds. The highest BCUT2D eigenvalue weighted by molar-refractivity contribution is 6.46. The Balaban J connectivity index is 1.99. The van der Waals surface area contributed by atoms with Gasteiger partial charge < -0.3 is 9.47 Å². The van der Waals surface area contributed by atoms with E-state index in [0.29, 0.717) is 17.1 Å². The fourth-order valence-corrected chi connectivity index (χ4v) is 3.26. The van der Waals surface area contributed by atoms with Crippen LogP contribution in [0.2, 0.25) is 10.0 Å². The standard InChI is InChI=1S/C22H20Cl2N2O5/c1-4-12(2)31-17-9-8-13(11-18(17)30-3)10-14-20(27)25-22(29)26(21(14)28)16-7-5-6-15(23)19(16)24/h5-12H,4H2,1-3H3,(H,25,27,29)/b14-10+/t12-/m0/s1. The highest BCUT2D eigenvalue weighted by atomic mass is 35.5. The maximum atomic E-state index is 13.0. The van der Waals surface area contributed by atoms with E-state index in [4.69, 9.17) is 32.7 Å². The number of anilines is 1. The summed E-state index contributed by atoms with van der Waals surface area (Å²) in [6.45, 7) is 3.94. The predicted octanol–water partition coefficient (Wildman–Crippen LogP) is 4.85. The molecule has 1 heterocycles. The van der Waals surface area contributed by atoms with E-state index in [1.165, 1.54) is 25.3 Å². The van der Waals surface area contributed by atoms with Crippen LogP contribution >= 0.6 is 23.2 Å². The van der Waals surface area contributed by atoms with E-state index in [1.54, 1.807) is 24.3 Å². The maximum absolute atomic E-state index is 13.0. The van der Waals surface area contributed by atoms with Crippen molar-refractivity contribution in [2.75, 3.05) is 12.0 Å². The number of benzene rings is 2. The number of amides is 4. The van der Waals surface area contributed by atoms with Crippen LogP contribution in [0.3, 0.4) is 0 Å². The molecular weight excluding hydrogens is 443 g/mol. The Morgan fingerprint density at radius 3 is 2.55 bits per heavy atom. The third-order valence-electron chi connectivity index (χ3n) is 4.68. The van der Waals surface area contributed by atoms with E-state index in [2.05, 4.69) is 5.32 Å². The lowest BCUT2D eigenvalue weighted by Crippen LogP contribution is -2.54. The van der Waals surface area contributed by atoms with Crippen molar-refractivity contribution in [3.8, 4) is 11.5 Å². The maximum Gasteiger partial charge on any atom is 0.336 e. The van der Waals surface area contributed by atoms with Crippen molar-refractivity contribution in [2.24, 2.45) is 0 Å². The fraction of sp³-hybridized carbons (Fsp3) is 0.227. The molecule has 0 aromatic heterocycles. The van der Waals surface area contributed by atoms with Crippen molar-refractivity contribution in [3.63, 3.8) is 0 Å². The van der Waals surface area contributed by atoms with Gasteiger partial charge in [-0.15, -0.1) is 0 Å². The van der Waals surface area contributed by atoms with Gasteiger partial charge in [0.15, 0.2) is 11.5 Å². The van der Waals surface area contributed by atoms with Crippen LogP contribution in [0.4, 0.5) is 10.5 Å². The van der Waals surface area contributed by atoms with Gasteiger partial charge in [0.2, 0.25) is 0 Å². The molecule has 0 radical (unpaired) electrons. The number of rotatable bonds is 6. The molecule has 1 atom stereocenters. The van der Waals surface area contributed by atoms with Crippen LogP contribution in [0.25, 0.3) is 6.08 Å². The molecule has 0 spiro atoms. The van der Waals surface area contributed by atoms with Gasteiger partial charge in [0.25, 0.3) is 11.8 Å². The first-order valence-electron chi connectivity index (χ1n) is 9.47. The Morgan fingerprint density at radius 1 is 1.13 bits per heavy atom. The number of barbiturate groups is 1. The molecule has 1 saturated heterocycles. The zero-order valence-electron chi connectivity index (χ0n) is 17.1. The molecule has 162 valence electrons. The van der Waals surface area contributed by atoms with Crippen LogP contribution < -0.4 is 19.7 Å². The molecule has 2 aromatic carbocycles. The van der Waals surface area contributed by atoms with Crippen molar-refractivity contribution in [3.05, 3.63) is 57.6 Å². The van der Waals surface area contributed by atoms with E-state index >= 15 is 0 Å². The minimum atomic E-state index is -0.911. The lowest BCUT2D eigenvalue weighted by Gasteiger charge is -2.27. The summed E-state index contributed by atoms with van der Waals surface area (Å²) in [5.74, 6) is -0.648. The van der Waals surface area contributed by atoms with Gasteiger partial charge in [0.1, 0.15) is 5.57 Å². The van der Waals surface area contributed by atoms with Crippen molar-refractivity contribution in [1.29, 1.82) is 0 Å². The average Bonchev–Trinajstić information content (AvgIpc) is 2.74. The van der Waals surface area contributed by atoms with Gasteiger partial charge in [0.05, 0.1) is 28.9 Å². The molecule has 1 aliphatic rings. The minimum absolute atomic E-state index is 0.00850. The SMILES string of the molecule is CC[C@H](C)Oc1ccc(/C=C2\C(=O)NC(=O)N(c3cccc(Cl)c3Cl)C2=O)cc1OC. The molecule has 0 unspecified atom stereocenters. The van der Waals surface area contributed by atoms with Crippen LogP contribution in [-0.2, 0) is 9.59 Å². The monoisotopic (exact) mass is 462 g/mol. The van der Waals surface area contributed by atoms with Crippen molar-refractivity contribution < 1.29 is 23.9 Å². The Bertz CT molecular complexity index is 1080. The molecule has 0 saturated carbocycles. The van der Waals surface area contributed by atoms with Crippen LogP contribution in [0.5, 0.6) is 11.5 Å². The third-order valence-corrected chi connectivity index (χ3v) is 5.48. The number of halogens is 2. The lowest BCUT2D eigenvalue weighted by molar-refractivity contribution is -0.122. The smallest absolute Gasteiger partial charge is 0.336 e. The Kier molecular flexibility index (Phi) is 6.87. The first-order valence-corrected chi connectivity index (χ1v) is 10.2. The number of ether oxygens (including phenoxy) is 2. The minimum Gasteiger partial charge on any atom is -0.493 e. The molecule has 31 heavy (non-hydrogen) atoms. The number of urea groups is 1. The number of hydrogen-bond donors (Lipinski definition) is 1. The number of methoxy groups -OCH3 is 1. The number of imide groups is 2. The lowest BCUT2D eigenvalue weighted by atomic mass is 10.1. The largest absolute Gasteiger partial charge is 0.493 e. The van der Waals surface area contributed by atoms with E-state index < -0.39 is 17.8 Å². The molecular formula is C22H20Cl2N2O5. The molecule has 0 aliphatic carbocycles. The molecule has 1 aliphatic heterocycles. The molecule has 1 N–H and O–H groups in total. The highest BCUT2D eigenvalue weighted by Crippen LogP contribution is 2.35. The van der Waals surface area contributed by atoms with Crippen LogP contribution in [0.15, 0.2) is 42.0 Å². The van der Waals surface area contributed by atoms with E-state index in [9.17, 15) is 14.4 Å². The van der Waals surface area contributed by atoms with E-state index in [0.717, 1.165) is 11.3 Å². The summed E-state index contributed by atoms with van der Waals surface area (Å²) < 4.78 is 11.2. The first-order chi connectivity index (χ1) is 14.8. The number of hydrogen-bond acceptors (Lipinski definition) is 5. The van der Waals surface area contributed by atoms with Gasteiger partial charge in [-0.05, 0) is 49.2 Å². The molecule has 1 fully saturated rings. The van der Waals surface area contributed by atoms with Gasteiger partial charge in [0, 0.05) is 0 Å². The van der Waals surface area contributed by atoms with Gasteiger partial charge in [-0.3, -0.25) is 14.9 Å². The second kappa shape index (κ2) is 9.41. The second-order valence-corrected chi connectivity index (χ2v) is 7.56. The topological polar surface area (TPSA) is 84.9 Å². The normalized spacial score (nSPS) is 16.4. The highest BCUT2D eigenvalue weighted by Gasteiger charge is 2.38. The Morgan fingerprint density at radius 2 is 1.87 bits per heavy atom. The van der Waals surface area contributed by atoms with Crippen LogP contribution in [-0.4, -0.2) is 31.1 Å². The van der Waals surface area contributed by atoms with E-state index in [-0.39, 0.29) is 27.4 Å². The summed E-state index contributed by atoms with van der Waals surface area (Å²) in [4.78, 5) is 38.6.